The summed E-state index contributed by atoms with van der Waals surface area (Å²) in [6.45, 7) is 3.42. The van der Waals surface area contributed by atoms with Crippen LogP contribution in [-0.4, -0.2) is 23.9 Å². The molecular weight excluding hydrogens is 279 g/mol. The minimum absolute atomic E-state index is 0.181. The molecule has 8 heteroatoms. The van der Waals surface area contributed by atoms with Gasteiger partial charge in [-0.25, -0.2) is 9.18 Å². The van der Waals surface area contributed by atoms with Gasteiger partial charge in [0.05, 0.1) is 0 Å². The van der Waals surface area contributed by atoms with E-state index in [2.05, 4.69) is 16.2 Å². The predicted molar refractivity (Wildman–Crippen MR) is 73.4 cm³/mol. The summed E-state index contributed by atoms with van der Waals surface area (Å²) in [6, 6.07) is 3.09. The topological polar surface area (TPSA) is 113 Å². The average molecular weight is 296 g/mol. The molecule has 0 heterocycles. The van der Waals surface area contributed by atoms with Crippen molar-refractivity contribution in [1.29, 1.82) is 0 Å². The normalized spacial score (nSPS) is 11.6. The van der Waals surface area contributed by atoms with E-state index in [0.717, 1.165) is 12.1 Å². The Morgan fingerprint density at radius 3 is 2.14 bits per heavy atom. The van der Waals surface area contributed by atoms with Gasteiger partial charge in [0.25, 0.3) is 11.8 Å². The van der Waals surface area contributed by atoms with Gasteiger partial charge >= 0.3 is 6.03 Å². The minimum Gasteiger partial charge on any atom is -0.352 e. The number of halogens is 1. The smallest absolute Gasteiger partial charge is 0.312 e. The molecule has 0 aromatic heterocycles. The van der Waals surface area contributed by atoms with E-state index >= 15 is 0 Å². The molecule has 21 heavy (non-hydrogen) atoms. The lowest BCUT2D eigenvalue weighted by molar-refractivity contribution is -0.124. The van der Waals surface area contributed by atoms with Crippen LogP contribution in [0.2, 0.25) is 0 Å². The molecule has 1 rings (SSSR count). The van der Waals surface area contributed by atoms with Gasteiger partial charge in [-0.3, -0.25) is 20.4 Å². The standard InChI is InChI=1S/C13H17FN4O3/c1-7(2)10(16-13(15)21)12(20)18-17-11(19)8-3-5-9(14)6-4-8/h3-7,10H,1-2H3,(H,17,19)(H,18,20)(H3,15,16,21)/t10-/m0/s1. The van der Waals surface area contributed by atoms with Crippen molar-refractivity contribution in [3.63, 3.8) is 0 Å². The summed E-state index contributed by atoms with van der Waals surface area (Å²) < 4.78 is 12.7. The number of urea groups is 1. The molecular formula is C13H17FN4O3. The lowest BCUT2D eigenvalue weighted by Crippen LogP contribution is -2.55. The van der Waals surface area contributed by atoms with E-state index in [4.69, 9.17) is 5.73 Å². The van der Waals surface area contributed by atoms with Gasteiger partial charge < -0.3 is 11.1 Å². The number of rotatable bonds is 4. The summed E-state index contributed by atoms with van der Waals surface area (Å²) in [4.78, 5) is 34.4. The maximum atomic E-state index is 12.7. The first-order valence-electron chi connectivity index (χ1n) is 6.23. The Hall–Kier alpha value is -2.64. The third kappa shape index (κ3) is 5.09. The van der Waals surface area contributed by atoms with Crippen LogP contribution in [-0.2, 0) is 4.79 Å². The molecule has 0 saturated carbocycles. The lowest BCUT2D eigenvalue weighted by atomic mass is 10.0. The SMILES string of the molecule is CC(C)[C@H](NC(N)=O)C(=O)NNC(=O)c1ccc(F)cc1. The van der Waals surface area contributed by atoms with Crippen LogP contribution in [0.25, 0.3) is 0 Å². The summed E-state index contributed by atoms with van der Waals surface area (Å²) in [7, 11) is 0. The molecule has 0 aliphatic carbocycles. The summed E-state index contributed by atoms with van der Waals surface area (Å²) >= 11 is 0. The Labute approximate surface area is 121 Å². The second-order valence-electron chi connectivity index (χ2n) is 4.68. The molecule has 0 unspecified atom stereocenters. The van der Waals surface area contributed by atoms with Crippen molar-refractivity contribution in [3.8, 4) is 0 Å². The molecule has 0 radical (unpaired) electrons. The molecule has 5 N–H and O–H groups in total. The number of carbonyl (C=O) groups excluding carboxylic acids is 3. The van der Waals surface area contributed by atoms with E-state index in [1.165, 1.54) is 12.1 Å². The molecule has 0 aliphatic heterocycles. The molecule has 0 spiro atoms. The van der Waals surface area contributed by atoms with Crippen molar-refractivity contribution in [2.24, 2.45) is 11.7 Å². The van der Waals surface area contributed by atoms with Gasteiger partial charge in [0.2, 0.25) is 0 Å². The molecule has 1 aromatic rings. The zero-order chi connectivity index (χ0) is 16.0. The molecule has 0 bridgehead atoms. The maximum absolute atomic E-state index is 12.7. The van der Waals surface area contributed by atoms with Crippen LogP contribution in [0.15, 0.2) is 24.3 Å². The third-order valence-corrected chi connectivity index (χ3v) is 2.65. The molecule has 1 aromatic carbocycles. The Morgan fingerprint density at radius 2 is 1.67 bits per heavy atom. The van der Waals surface area contributed by atoms with Crippen LogP contribution in [0, 0.1) is 11.7 Å². The molecule has 0 saturated heterocycles. The van der Waals surface area contributed by atoms with Crippen LogP contribution in [0.4, 0.5) is 9.18 Å². The third-order valence-electron chi connectivity index (χ3n) is 2.65. The van der Waals surface area contributed by atoms with Crippen LogP contribution in [0.3, 0.4) is 0 Å². The quantitative estimate of drug-likeness (QED) is 0.598. The number of hydrazine groups is 1. The van der Waals surface area contributed by atoms with Gasteiger partial charge in [-0.2, -0.15) is 0 Å². The van der Waals surface area contributed by atoms with Crippen molar-refractivity contribution in [2.75, 3.05) is 0 Å². The largest absolute Gasteiger partial charge is 0.352 e. The summed E-state index contributed by atoms with van der Waals surface area (Å²) in [5.41, 5.74) is 9.51. The summed E-state index contributed by atoms with van der Waals surface area (Å²) in [5, 5.41) is 2.28. The Bertz CT molecular complexity index is 531. The number of amides is 4. The fourth-order valence-corrected chi connectivity index (χ4v) is 1.56. The van der Waals surface area contributed by atoms with Crippen LogP contribution in [0.5, 0.6) is 0 Å². The van der Waals surface area contributed by atoms with E-state index in [-0.39, 0.29) is 11.5 Å². The Balaban J connectivity index is 2.60. The molecule has 0 aliphatic rings. The first-order valence-corrected chi connectivity index (χ1v) is 6.23. The number of nitrogens with two attached hydrogens (primary N) is 1. The Kier molecular flexibility index (Phi) is 5.65. The maximum Gasteiger partial charge on any atom is 0.312 e. The zero-order valence-electron chi connectivity index (χ0n) is 11.6. The van der Waals surface area contributed by atoms with Crippen molar-refractivity contribution >= 4 is 17.8 Å². The van der Waals surface area contributed by atoms with Gasteiger partial charge in [-0.05, 0) is 30.2 Å². The molecule has 4 amide bonds. The van der Waals surface area contributed by atoms with Crippen molar-refractivity contribution in [2.45, 2.75) is 19.9 Å². The summed E-state index contributed by atoms with van der Waals surface area (Å²) in [6.07, 6.45) is 0. The monoisotopic (exact) mass is 296 g/mol. The van der Waals surface area contributed by atoms with Crippen LogP contribution < -0.4 is 21.9 Å². The average Bonchev–Trinajstić information content (AvgIpc) is 2.42. The van der Waals surface area contributed by atoms with E-state index < -0.39 is 29.7 Å². The van der Waals surface area contributed by atoms with Gasteiger partial charge in [-0.15, -0.1) is 0 Å². The number of hydrogen-bond donors (Lipinski definition) is 4. The van der Waals surface area contributed by atoms with E-state index in [1.54, 1.807) is 13.8 Å². The number of hydrogen-bond acceptors (Lipinski definition) is 3. The lowest BCUT2D eigenvalue weighted by Gasteiger charge is -2.20. The predicted octanol–water partition coefficient (Wildman–Crippen LogP) is 0.280. The highest BCUT2D eigenvalue weighted by Gasteiger charge is 2.23. The molecule has 0 fully saturated rings. The number of nitrogens with one attached hydrogen (secondary N) is 3. The highest BCUT2D eigenvalue weighted by molar-refractivity contribution is 5.96. The van der Waals surface area contributed by atoms with Crippen LogP contribution >= 0.6 is 0 Å². The van der Waals surface area contributed by atoms with Crippen molar-refractivity contribution in [3.05, 3.63) is 35.6 Å². The molecule has 114 valence electrons. The summed E-state index contributed by atoms with van der Waals surface area (Å²) in [5.74, 6) is -1.91. The molecule has 1 atom stereocenters. The van der Waals surface area contributed by atoms with Crippen molar-refractivity contribution < 1.29 is 18.8 Å². The Morgan fingerprint density at radius 1 is 1.10 bits per heavy atom. The first kappa shape index (κ1) is 16.4. The number of carbonyl (C=O) groups is 3. The van der Waals surface area contributed by atoms with Gasteiger partial charge in [0.1, 0.15) is 11.9 Å². The zero-order valence-corrected chi connectivity index (χ0v) is 11.6. The number of benzene rings is 1. The second-order valence-corrected chi connectivity index (χ2v) is 4.68. The fourth-order valence-electron chi connectivity index (χ4n) is 1.56. The number of primary amides is 1. The van der Waals surface area contributed by atoms with E-state index in [0.29, 0.717) is 0 Å². The highest BCUT2D eigenvalue weighted by Crippen LogP contribution is 2.03. The minimum atomic E-state index is -0.879. The van der Waals surface area contributed by atoms with Gasteiger partial charge in [-0.1, -0.05) is 13.8 Å². The highest BCUT2D eigenvalue weighted by atomic mass is 19.1. The van der Waals surface area contributed by atoms with Gasteiger partial charge in [0, 0.05) is 5.56 Å². The molecule has 7 nitrogen and oxygen atoms in total. The van der Waals surface area contributed by atoms with E-state index in [1.807, 2.05) is 0 Å². The van der Waals surface area contributed by atoms with Crippen molar-refractivity contribution in [1.82, 2.24) is 16.2 Å². The first-order chi connectivity index (χ1) is 9.81. The van der Waals surface area contributed by atoms with Gasteiger partial charge in [0.15, 0.2) is 0 Å². The second kappa shape index (κ2) is 7.22. The fraction of sp³-hybridized carbons (Fsp3) is 0.308. The van der Waals surface area contributed by atoms with Crippen LogP contribution in [0.1, 0.15) is 24.2 Å². The van der Waals surface area contributed by atoms with E-state index in [9.17, 15) is 18.8 Å².